The normalized spacial score (nSPS) is 15.7. The fourth-order valence-electron chi connectivity index (χ4n) is 4.21. The molecule has 6 nitrogen and oxygen atoms in total. The number of hydrogen-bond acceptors (Lipinski definition) is 6. The molecule has 1 aliphatic carbocycles. The summed E-state index contributed by atoms with van der Waals surface area (Å²) in [5, 5.41) is 25.1. The number of nitrogens with one attached hydrogen (secondary N) is 1. The molecule has 176 valence electrons. The van der Waals surface area contributed by atoms with Crippen LogP contribution < -0.4 is 5.32 Å². The molecular formula is C23H24F3N3O3S. The van der Waals surface area contributed by atoms with E-state index in [0.29, 0.717) is 16.1 Å². The van der Waals surface area contributed by atoms with Gasteiger partial charge in [0.25, 0.3) is 5.91 Å². The molecule has 1 saturated carbocycles. The van der Waals surface area contributed by atoms with Gasteiger partial charge in [-0.25, -0.2) is 9.97 Å². The Balaban J connectivity index is 1.75. The van der Waals surface area contributed by atoms with Crippen molar-refractivity contribution in [3.05, 3.63) is 46.2 Å². The highest BCUT2D eigenvalue weighted by atomic mass is 32.1. The molecule has 0 saturated heterocycles. The summed E-state index contributed by atoms with van der Waals surface area (Å²) in [4.78, 5) is 20.8. The summed E-state index contributed by atoms with van der Waals surface area (Å²) in [7, 11) is 0. The summed E-state index contributed by atoms with van der Waals surface area (Å²) >= 11 is 1.41. The van der Waals surface area contributed by atoms with Gasteiger partial charge in [-0.2, -0.15) is 13.2 Å². The van der Waals surface area contributed by atoms with Crippen LogP contribution in [0.5, 0.6) is 5.75 Å². The second-order valence-electron chi connectivity index (χ2n) is 8.80. The number of thiazole rings is 1. The van der Waals surface area contributed by atoms with Crippen molar-refractivity contribution in [3.63, 3.8) is 0 Å². The van der Waals surface area contributed by atoms with Crippen molar-refractivity contribution in [1.29, 1.82) is 0 Å². The van der Waals surface area contributed by atoms with Crippen LogP contribution >= 0.6 is 11.3 Å². The van der Waals surface area contributed by atoms with E-state index in [1.54, 1.807) is 6.07 Å². The van der Waals surface area contributed by atoms with Crippen molar-refractivity contribution in [2.45, 2.75) is 63.6 Å². The number of benzene rings is 1. The first kappa shape index (κ1) is 23.4. The van der Waals surface area contributed by atoms with E-state index in [1.165, 1.54) is 37.7 Å². The van der Waals surface area contributed by atoms with Crippen molar-refractivity contribution in [2.75, 3.05) is 5.32 Å². The summed E-state index contributed by atoms with van der Waals surface area (Å²) in [6.45, 7) is 2.89. The van der Waals surface area contributed by atoms with Gasteiger partial charge in [0.05, 0.1) is 26.6 Å². The molecule has 0 radical (unpaired) electrons. The van der Waals surface area contributed by atoms with Crippen LogP contribution in [0.15, 0.2) is 24.3 Å². The molecule has 1 aromatic carbocycles. The standard InChI is InChI=1S/C23H24F3N3O3S/c1-22(2,32)17-14(28-20(31)13-9-6-10-16(27-13)23(24,25)26)11-15-18(19(17)30)29-21(33-15)12-7-4-3-5-8-12/h6,9-12,30,32H,3-5,7-8H2,1-2H3,(H,28,31). The molecule has 0 bridgehead atoms. The lowest BCUT2D eigenvalue weighted by molar-refractivity contribution is -0.141. The van der Waals surface area contributed by atoms with E-state index in [4.69, 9.17) is 0 Å². The van der Waals surface area contributed by atoms with Crippen molar-refractivity contribution >= 4 is 33.1 Å². The van der Waals surface area contributed by atoms with Crippen LogP contribution in [0.25, 0.3) is 10.2 Å². The van der Waals surface area contributed by atoms with Gasteiger partial charge in [-0.15, -0.1) is 11.3 Å². The minimum absolute atomic E-state index is 0.0378. The molecule has 33 heavy (non-hydrogen) atoms. The number of fused-ring (bicyclic) bond motifs is 1. The van der Waals surface area contributed by atoms with Gasteiger partial charge in [0.1, 0.15) is 16.9 Å². The van der Waals surface area contributed by atoms with Crippen LogP contribution in [0, 0.1) is 0 Å². The highest BCUT2D eigenvalue weighted by Crippen LogP contribution is 2.45. The van der Waals surface area contributed by atoms with Crippen LogP contribution in [0.3, 0.4) is 0 Å². The molecule has 10 heteroatoms. The molecule has 0 spiro atoms. The Bertz CT molecular complexity index is 1200. The predicted molar refractivity (Wildman–Crippen MR) is 120 cm³/mol. The van der Waals surface area contributed by atoms with E-state index >= 15 is 0 Å². The molecule has 0 atom stereocenters. The van der Waals surface area contributed by atoms with E-state index in [2.05, 4.69) is 15.3 Å². The van der Waals surface area contributed by atoms with Crippen molar-refractivity contribution < 1.29 is 28.2 Å². The van der Waals surface area contributed by atoms with Crippen molar-refractivity contribution in [1.82, 2.24) is 9.97 Å². The quantitative estimate of drug-likeness (QED) is 0.430. The zero-order valence-electron chi connectivity index (χ0n) is 18.2. The number of aromatic hydroxyl groups is 1. The number of anilines is 1. The summed E-state index contributed by atoms with van der Waals surface area (Å²) in [5.74, 6) is -0.846. The minimum Gasteiger partial charge on any atom is -0.505 e. The van der Waals surface area contributed by atoms with Crippen molar-refractivity contribution in [3.8, 4) is 5.75 Å². The predicted octanol–water partition coefficient (Wildman–Crippen LogP) is 5.94. The fourth-order valence-corrected chi connectivity index (χ4v) is 5.39. The first-order valence-electron chi connectivity index (χ1n) is 10.7. The molecule has 4 rings (SSSR count). The zero-order chi connectivity index (χ0) is 24.0. The number of carbonyl (C=O) groups is 1. The Hall–Kier alpha value is -2.72. The van der Waals surface area contributed by atoms with Gasteiger partial charge in [-0.3, -0.25) is 4.79 Å². The van der Waals surface area contributed by atoms with Crippen LogP contribution in [-0.4, -0.2) is 26.1 Å². The molecule has 1 aliphatic rings. The monoisotopic (exact) mass is 479 g/mol. The average molecular weight is 480 g/mol. The van der Waals surface area contributed by atoms with E-state index in [9.17, 15) is 28.2 Å². The second-order valence-corrected chi connectivity index (χ2v) is 9.86. The Kier molecular flexibility index (Phi) is 6.09. The number of nitrogens with zero attached hydrogens (tertiary/aromatic N) is 2. The Morgan fingerprint density at radius 2 is 1.85 bits per heavy atom. The number of alkyl halides is 3. The summed E-state index contributed by atoms with van der Waals surface area (Å²) < 4.78 is 39.6. The summed E-state index contributed by atoms with van der Waals surface area (Å²) in [5.41, 5.74) is -2.70. The lowest BCUT2D eigenvalue weighted by atomic mass is 9.90. The first-order chi connectivity index (χ1) is 15.4. The Morgan fingerprint density at radius 3 is 2.48 bits per heavy atom. The van der Waals surface area contributed by atoms with Gasteiger partial charge in [-0.05, 0) is 44.9 Å². The largest absolute Gasteiger partial charge is 0.505 e. The molecule has 3 N–H and O–H groups in total. The maximum atomic E-state index is 13.0. The van der Waals surface area contributed by atoms with Gasteiger partial charge in [0.2, 0.25) is 0 Å². The highest BCUT2D eigenvalue weighted by molar-refractivity contribution is 7.18. The Morgan fingerprint density at radius 1 is 1.15 bits per heavy atom. The maximum absolute atomic E-state index is 13.0. The number of halogens is 3. The third-order valence-corrected chi connectivity index (χ3v) is 6.93. The third kappa shape index (κ3) is 4.81. The Labute approximate surface area is 192 Å². The number of phenols is 1. The molecule has 3 aromatic rings. The third-order valence-electron chi connectivity index (χ3n) is 5.76. The molecular weight excluding hydrogens is 455 g/mol. The number of aromatic nitrogens is 2. The highest BCUT2D eigenvalue weighted by Gasteiger charge is 2.34. The lowest BCUT2D eigenvalue weighted by Crippen LogP contribution is -2.22. The van der Waals surface area contributed by atoms with Gasteiger partial charge >= 0.3 is 6.18 Å². The number of amides is 1. The first-order valence-corrected chi connectivity index (χ1v) is 11.5. The number of hydrogen-bond donors (Lipinski definition) is 3. The van der Waals surface area contributed by atoms with E-state index in [0.717, 1.165) is 42.8 Å². The second kappa shape index (κ2) is 8.57. The number of rotatable bonds is 4. The zero-order valence-corrected chi connectivity index (χ0v) is 19.0. The van der Waals surface area contributed by atoms with Crippen LogP contribution in [-0.2, 0) is 11.8 Å². The number of phenolic OH excluding ortho intramolecular Hbond substituents is 1. The van der Waals surface area contributed by atoms with Gasteiger partial charge in [-0.1, -0.05) is 25.3 Å². The fraction of sp³-hybridized carbons (Fsp3) is 0.435. The smallest absolute Gasteiger partial charge is 0.433 e. The topological polar surface area (TPSA) is 95.3 Å². The van der Waals surface area contributed by atoms with Crippen LogP contribution in [0.2, 0.25) is 0 Å². The lowest BCUT2D eigenvalue weighted by Gasteiger charge is -2.23. The molecule has 0 aliphatic heterocycles. The summed E-state index contributed by atoms with van der Waals surface area (Å²) in [6.07, 6.45) is 0.770. The van der Waals surface area contributed by atoms with E-state index < -0.39 is 29.1 Å². The number of carbonyl (C=O) groups excluding carboxylic acids is 1. The van der Waals surface area contributed by atoms with Crippen LogP contribution in [0.4, 0.5) is 18.9 Å². The molecule has 2 heterocycles. The average Bonchev–Trinajstić information content (AvgIpc) is 3.17. The summed E-state index contributed by atoms with van der Waals surface area (Å²) in [6, 6.07) is 4.64. The SMILES string of the molecule is CC(C)(O)c1c(NC(=O)c2cccc(C(F)(F)F)n2)cc2sc(C3CCCCC3)nc2c1O. The molecule has 1 amide bonds. The maximum Gasteiger partial charge on any atom is 0.433 e. The van der Waals surface area contributed by atoms with E-state index in [-0.39, 0.29) is 17.0 Å². The number of pyridine rings is 1. The molecule has 2 aromatic heterocycles. The molecule has 0 unspecified atom stereocenters. The van der Waals surface area contributed by atoms with Crippen molar-refractivity contribution in [2.24, 2.45) is 0 Å². The van der Waals surface area contributed by atoms with Gasteiger partial charge < -0.3 is 15.5 Å². The van der Waals surface area contributed by atoms with E-state index in [1.807, 2.05) is 0 Å². The molecule has 1 fully saturated rings. The number of aliphatic hydroxyl groups is 1. The minimum atomic E-state index is -4.69. The van der Waals surface area contributed by atoms with Gasteiger partial charge in [0.15, 0.2) is 5.75 Å². The van der Waals surface area contributed by atoms with Gasteiger partial charge in [0, 0.05) is 5.92 Å². The van der Waals surface area contributed by atoms with Crippen LogP contribution in [0.1, 0.15) is 78.6 Å².